The molecule has 0 saturated heterocycles. The predicted molar refractivity (Wildman–Crippen MR) is 63.4 cm³/mol. The Bertz CT molecular complexity index is 641. The average molecular weight is 216 g/mol. The number of fused-ring (bicyclic) bond motifs is 1. The molecule has 82 valence electrons. The fourth-order valence-corrected chi connectivity index (χ4v) is 1.82. The Morgan fingerprint density at radius 2 is 2.00 bits per heavy atom. The van der Waals surface area contributed by atoms with Crippen molar-refractivity contribution < 1.29 is 5.11 Å². The molecule has 1 aromatic heterocycles. The highest BCUT2D eigenvalue weighted by molar-refractivity contribution is 6.03. The van der Waals surface area contributed by atoms with Crippen molar-refractivity contribution in [3.05, 3.63) is 40.2 Å². The van der Waals surface area contributed by atoms with E-state index < -0.39 is 0 Å². The maximum atomic E-state index is 11.9. The van der Waals surface area contributed by atoms with Crippen molar-refractivity contribution in [2.75, 3.05) is 0 Å². The lowest BCUT2D eigenvalue weighted by Gasteiger charge is -2.10. The molecule has 0 aliphatic rings. The van der Waals surface area contributed by atoms with Gasteiger partial charge in [0.15, 0.2) is 0 Å². The molecule has 2 aromatic rings. The lowest BCUT2D eigenvalue weighted by molar-refractivity contribution is 0.478. The average Bonchev–Trinajstić information content (AvgIpc) is 2.26. The highest BCUT2D eigenvalue weighted by Crippen LogP contribution is 2.25. The molecular formula is C12H12N2O2. The zero-order valence-electron chi connectivity index (χ0n) is 9.11. The van der Waals surface area contributed by atoms with E-state index in [1.165, 1.54) is 11.5 Å². The van der Waals surface area contributed by atoms with Gasteiger partial charge in [-0.1, -0.05) is 12.1 Å². The summed E-state index contributed by atoms with van der Waals surface area (Å²) >= 11 is 0. The number of aromatic nitrogens is 1. The lowest BCUT2D eigenvalue weighted by Crippen LogP contribution is -2.23. The number of hydrogen-bond donors (Lipinski definition) is 2. The summed E-state index contributed by atoms with van der Waals surface area (Å²) in [6, 6.07) is 7.09. The third kappa shape index (κ3) is 1.31. The van der Waals surface area contributed by atoms with Crippen molar-refractivity contribution in [1.82, 2.24) is 4.57 Å². The Hall–Kier alpha value is -2.10. The normalized spacial score (nSPS) is 10.6. The van der Waals surface area contributed by atoms with E-state index in [0.29, 0.717) is 10.9 Å². The van der Waals surface area contributed by atoms with Crippen LogP contribution in [0.15, 0.2) is 29.1 Å². The van der Waals surface area contributed by atoms with Gasteiger partial charge >= 0.3 is 0 Å². The van der Waals surface area contributed by atoms with Gasteiger partial charge in [0, 0.05) is 18.1 Å². The number of aromatic hydroxyl groups is 1. The van der Waals surface area contributed by atoms with Crippen LogP contribution in [0, 0.1) is 5.41 Å². The summed E-state index contributed by atoms with van der Waals surface area (Å²) in [5.41, 5.74) is 0.462. The number of nitrogens with one attached hydrogen (secondary N) is 1. The summed E-state index contributed by atoms with van der Waals surface area (Å²) in [4.78, 5) is 11.9. The second-order valence-electron chi connectivity index (χ2n) is 3.73. The van der Waals surface area contributed by atoms with Gasteiger partial charge in [0.05, 0.1) is 5.52 Å². The molecule has 0 bridgehead atoms. The third-order valence-corrected chi connectivity index (χ3v) is 2.65. The van der Waals surface area contributed by atoms with Crippen molar-refractivity contribution >= 4 is 16.6 Å². The summed E-state index contributed by atoms with van der Waals surface area (Å²) in [5, 5.41) is 18.1. The monoisotopic (exact) mass is 216 g/mol. The van der Waals surface area contributed by atoms with Crippen LogP contribution in [0.25, 0.3) is 10.9 Å². The SMILES string of the molecule is CC(=N)c1c(O)c2ccccc2n(C)c1=O. The first kappa shape index (κ1) is 10.4. The second-order valence-corrected chi connectivity index (χ2v) is 3.73. The fourth-order valence-electron chi connectivity index (χ4n) is 1.82. The first-order valence-corrected chi connectivity index (χ1v) is 4.90. The van der Waals surface area contributed by atoms with Crippen LogP contribution in [0.2, 0.25) is 0 Å². The Kier molecular flexibility index (Phi) is 2.27. The van der Waals surface area contributed by atoms with Gasteiger partial charge in [-0.25, -0.2) is 0 Å². The van der Waals surface area contributed by atoms with Crippen LogP contribution in [0.5, 0.6) is 5.75 Å². The van der Waals surface area contributed by atoms with Gasteiger partial charge in [-0.3, -0.25) is 4.79 Å². The van der Waals surface area contributed by atoms with Gasteiger partial charge in [-0.2, -0.15) is 0 Å². The minimum absolute atomic E-state index is 0.0706. The first-order chi connectivity index (χ1) is 7.54. The molecule has 0 radical (unpaired) electrons. The van der Waals surface area contributed by atoms with E-state index in [9.17, 15) is 9.90 Å². The van der Waals surface area contributed by atoms with Crippen molar-refractivity contribution in [2.45, 2.75) is 6.92 Å². The molecule has 16 heavy (non-hydrogen) atoms. The van der Waals surface area contributed by atoms with E-state index in [0.717, 1.165) is 0 Å². The topological polar surface area (TPSA) is 66.1 Å². The molecule has 0 amide bonds. The maximum Gasteiger partial charge on any atom is 0.263 e. The van der Waals surface area contributed by atoms with E-state index in [4.69, 9.17) is 5.41 Å². The van der Waals surface area contributed by atoms with Crippen LogP contribution in [0.1, 0.15) is 12.5 Å². The number of rotatable bonds is 1. The number of pyridine rings is 1. The summed E-state index contributed by atoms with van der Waals surface area (Å²) in [7, 11) is 1.64. The minimum atomic E-state index is -0.344. The van der Waals surface area contributed by atoms with Crippen LogP contribution in [-0.4, -0.2) is 15.4 Å². The second kappa shape index (κ2) is 3.48. The van der Waals surface area contributed by atoms with Gasteiger partial charge in [0.25, 0.3) is 5.56 Å². The molecule has 0 spiro atoms. The van der Waals surface area contributed by atoms with Crippen LogP contribution >= 0.6 is 0 Å². The Morgan fingerprint density at radius 1 is 1.38 bits per heavy atom. The van der Waals surface area contributed by atoms with Crippen molar-refractivity contribution in [2.24, 2.45) is 7.05 Å². The number of hydrogen-bond acceptors (Lipinski definition) is 3. The first-order valence-electron chi connectivity index (χ1n) is 4.90. The van der Waals surface area contributed by atoms with E-state index in [-0.39, 0.29) is 22.6 Å². The zero-order valence-corrected chi connectivity index (χ0v) is 9.11. The van der Waals surface area contributed by atoms with Crippen molar-refractivity contribution in [1.29, 1.82) is 5.41 Å². The van der Waals surface area contributed by atoms with Crippen LogP contribution in [0.3, 0.4) is 0 Å². The molecule has 4 heteroatoms. The molecule has 2 rings (SSSR count). The quantitative estimate of drug-likeness (QED) is 0.711. The summed E-state index contributed by atoms with van der Waals surface area (Å²) < 4.78 is 1.45. The Labute approximate surface area is 92.3 Å². The van der Waals surface area contributed by atoms with E-state index in [2.05, 4.69) is 0 Å². The molecule has 2 N–H and O–H groups in total. The molecule has 0 aliphatic carbocycles. The molecule has 0 fully saturated rings. The predicted octanol–water partition coefficient (Wildman–Crippen LogP) is 1.63. The van der Waals surface area contributed by atoms with Gasteiger partial charge in [0.2, 0.25) is 0 Å². The fraction of sp³-hybridized carbons (Fsp3) is 0.167. The molecule has 1 aromatic carbocycles. The number of para-hydroxylation sites is 1. The van der Waals surface area contributed by atoms with Crippen molar-refractivity contribution in [3.63, 3.8) is 0 Å². The molecule has 0 atom stereocenters. The minimum Gasteiger partial charge on any atom is -0.506 e. The smallest absolute Gasteiger partial charge is 0.263 e. The Morgan fingerprint density at radius 3 is 2.62 bits per heavy atom. The van der Waals surface area contributed by atoms with Gasteiger partial charge < -0.3 is 15.1 Å². The molecular weight excluding hydrogens is 204 g/mol. The lowest BCUT2D eigenvalue weighted by atomic mass is 10.1. The summed E-state index contributed by atoms with van der Waals surface area (Å²) in [6.45, 7) is 1.49. The standard InChI is InChI=1S/C12H12N2O2/c1-7(13)10-11(15)8-5-3-4-6-9(8)14(2)12(10)16/h3-6,13,15H,1-2H3. The maximum absolute atomic E-state index is 11.9. The summed E-state index contributed by atoms with van der Waals surface area (Å²) in [6.07, 6.45) is 0. The van der Waals surface area contributed by atoms with Crippen LogP contribution < -0.4 is 5.56 Å². The van der Waals surface area contributed by atoms with Gasteiger partial charge in [-0.05, 0) is 19.1 Å². The third-order valence-electron chi connectivity index (χ3n) is 2.65. The van der Waals surface area contributed by atoms with Gasteiger partial charge in [-0.15, -0.1) is 0 Å². The zero-order chi connectivity index (χ0) is 11.9. The highest BCUT2D eigenvalue weighted by Gasteiger charge is 2.15. The highest BCUT2D eigenvalue weighted by atomic mass is 16.3. The molecule has 1 heterocycles. The number of benzene rings is 1. The molecule has 4 nitrogen and oxygen atoms in total. The largest absolute Gasteiger partial charge is 0.506 e. The molecule has 0 aliphatic heterocycles. The number of nitrogens with zero attached hydrogens (tertiary/aromatic N) is 1. The van der Waals surface area contributed by atoms with Crippen LogP contribution in [-0.2, 0) is 7.05 Å². The van der Waals surface area contributed by atoms with Crippen molar-refractivity contribution in [3.8, 4) is 5.75 Å². The van der Waals surface area contributed by atoms with E-state index >= 15 is 0 Å². The Balaban J connectivity index is 3.07. The van der Waals surface area contributed by atoms with E-state index in [1.807, 2.05) is 0 Å². The van der Waals surface area contributed by atoms with Gasteiger partial charge in [0.1, 0.15) is 11.3 Å². The van der Waals surface area contributed by atoms with Crippen LogP contribution in [0.4, 0.5) is 0 Å². The number of aryl methyl sites for hydroxylation is 1. The van der Waals surface area contributed by atoms with E-state index in [1.54, 1.807) is 31.3 Å². The summed E-state index contributed by atoms with van der Waals surface area (Å²) in [5.74, 6) is -0.105. The molecule has 0 unspecified atom stereocenters. The molecule has 0 saturated carbocycles.